The summed E-state index contributed by atoms with van der Waals surface area (Å²) in [6, 6.07) is 6.22. The predicted octanol–water partition coefficient (Wildman–Crippen LogP) is 2.18. The van der Waals surface area contributed by atoms with Gasteiger partial charge >= 0.3 is 0 Å². The van der Waals surface area contributed by atoms with E-state index in [4.69, 9.17) is 5.73 Å². The first-order valence-corrected chi connectivity index (χ1v) is 6.70. The molecule has 0 aliphatic carbocycles. The second-order valence-corrected chi connectivity index (χ2v) is 4.86. The zero-order valence-electron chi connectivity index (χ0n) is 12.1. The Kier molecular flexibility index (Phi) is 3.75. The second kappa shape index (κ2) is 5.89. The summed E-state index contributed by atoms with van der Waals surface area (Å²) in [5.41, 5.74) is 5.65. The molecule has 0 aliphatic heterocycles. The number of benzene rings is 1. The molecule has 0 saturated heterocycles. The summed E-state index contributed by atoms with van der Waals surface area (Å²) in [5, 5.41) is 13.2. The fourth-order valence-electron chi connectivity index (χ4n) is 2.15. The first-order chi connectivity index (χ1) is 11.5. The molecule has 2 N–H and O–H groups in total. The van der Waals surface area contributed by atoms with Crippen molar-refractivity contribution in [2.75, 3.05) is 0 Å². The molecule has 2 aromatic heterocycles. The van der Waals surface area contributed by atoms with Gasteiger partial charge in [-0.3, -0.25) is 9.78 Å². The number of carbonyl (C=O) groups excluding carboxylic acids is 1. The fraction of sp³-hybridized carbons (Fsp3) is 0. The van der Waals surface area contributed by atoms with Crippen LogP contribution in [0.5, 0.6) is 0 Å². The van der Waals surface area contributed by atoms with E-state index in [9.17, 15) is 18.8 Å². The molecule has 0 radical (unpaired) electrons. The molecular formula is C16H9F2N5O. The molecule has 0 spiro atoms. The largest absolute Gasteiger partial charge is 0.366 e. The molecule has 2 heterocycles. The first kappa shape index (κ1) is 15.3. The Morgan fingerprint density at radius 1 is 1.25 bits per heavy atom. The van der Waals surface area contributed by atoms with Crippen molar-refractivity contribution in [3.63, 3.8) is 0 Å². The lowest BCUT2D eigenvalue weighted by atomic mass is 10.1. The molecule has 24 heavy (non-hydrogen) atoms. The van der Waals surface area contributed by atoms with E-state index in [-0.39, 0.29) is 22.4 Å². The highest BCUT2D eigenvalue weighted by atomic mass is 19.1. The van der Waals surface area contributed by atoms with E-state index in [1.54, 1.807) is 0 Å². The number of primary amides is 1. The number of nitrogens with zero attached hydrogens (tertiary/aromatic N) is 4. The van der Waals surface area contributed by atoms with Crippen molar-refractivity contribution < 1.29 is 13.6 Å². The Balaban J connectivity index is 2.10. The van der Waals surface area contributed by atoms with Gasteiger partial charge in [-0.1, -0.05) is 0 Å². The van der Waals surface area contributed by atoms with Gasteiger partial charge in [0.05, 0.1) is 34.9 Å². The fourth-order valence-corrected chi connectivity index (χ4v) is 2.15. The van der Waals surface area contributed by atoms with E-state index in [1.165, 1.54) is 29.3 Å². The molecule has 6 nitrogen and oxygen atoms in total. The minimum absolute atomic E-state index is 0.0144. The number of hydrogen-bond donors (Lipinski definition) is 1. The van der Waals surface area contributed by atoms with E-state index >= 15 is 0 Å². The molecule has 3 aromatic rings. The number of rotatable bonds is 3. The maximum Gasteiger partial charge on any atom is 0.251 e. The van der Waals surface area contributed by atoms with Gasteiger partial charge in [0.15, 0.2) is 0 Å². The number of nitriles is 1. The van der Waals surface area contributed by atoms with E-state index in [0.29, 0.717) is 5.69 Å². The number of pyridine rings is 1. The van der Waals surface area contributed by atoms with Crippen LogP contribution in [0, 0.1) is 23.0 Å². The van der Waals surface area contributed by atoms with Crippen LogP contribution in [-0.2, 0) is 0 Å². The summed E-state index contributed by atoms with van der Waals surface area (Å²) in [6.07, 6.45) is 3.98. The monoisotopic (exact) mass is 325 g/mol. The quantitative estimate of drug-likeness (QED) is 0.798. The zero-order valence-corrected chi connectivity index (χ0v) is 12.1. The summed E-state index contributed by atoms with van der Waals surface area (Å²) in [7, 11) is 0. The molecule has 0 fully saturated rings. The molecule has 8 heteroatoms. The van der Waals surface area contributed by atoms with E-state index in [1.807, 2.05) is 6.07 Å². The average molecular weight is 325 g/mol. The summed E-state index contributed by atoms with van der Waals surface area (Å²) < 4.78 is 28.6. The van der Waals surface area contributed by atoms with Crippen LogP contribution in [0.2, 0.25) is 0 Å². The summed E-state index contributed by atoms with van der Waals surface area (Å²) >= 11 is 0. The molecule has 1 amide bonds. The Bertz CT molecular complexity index is 990. The lowest BCUT2D eigenvalue weighted by Gasteiger charge is -2.07. The third-order valence-electron chi connectivity index (χ3n) is 3.31. The topological polar surface area (TPSA) is 97.6 Å². The summed E-state index contributed by atoms with van der Waals surface area (Å²) in [4.78, 5) is 15.1. The van der Waals surface area contributed by atoms with Gasteiger partial charge in [0, 0.05) is 11.8 Å². The van der Waals surface area contributed by atoms with Crippen LogP contribution < -0.4 is 5.73 Å². The molecule has 0 atom stereocenters. The Morgan fingerprint density at radius 2 is 2.04 bits per heavy atom. The molecule has 0 bridgehead atoms. The molecular weight excluding hydrogens is 316 g/mol. The number of carbonyl (C=O) groups is 1. The van der Waals surface area contributed by atoms with Gasteiger partial charge in [0.25, 0.3) is 5.91 Å². The number of halogens is 2. The minimum atomic E-state index is -0.691. The van der Waals surface area contributed by atoms with Crippen molar-refractivity contribution in [2.45, 2.75) is 0 Å². The van der Waals surface area contributed by atoms with Crippen LogP contribution in [0.4, 0.5) is 8.78 Å². The number of amides is 1. The van der Waals surface area contributed by atoms with Crippen LogP contribution >= 0.6 is 0 Å². The maximum absolute atomic E-state index is 13.9. The van der Waals surface area contributed by atoms with Crippen LogP contribution in [0.25, 0.3) is 16.9 Å². The van der Waals surface area contributed by atoms with Crippen molar-refractivity contribution in [1.29, 1.82) is 5.26 Å². The van der Waals surface area contributed by atoms with Crippen molar-refractivity contribution in [1.82, 2.24) is 14.8 Å². The molecule has 0 saturated carbocycles. The molecule has 0 aliphatic rings. The summed E-state index contributed by atoms with van der Waals surface area (Å²) in [6.45, 7) is 0. The SMILES string of the molecule is N#Cc1cc(-n2cc(C(N)=O)cn2)cnc1-c1cc(F)ccc1F. The van der Waals surface area contributed by atoms with Gasteiger partial charge < -0.3 is 5.73 Å². The van der Waals surface area contributed by atoms with Crippen molar-refractivity contribution in [2.24, 2.45) is 5.73 Å². The van der Waals surface area contributed by atoms with Crippen LogP contribution in [0.1, 0.15) is 15.9 Å². The van der Waals surface area contributed by atoms with E-state index in [2.05, 4.69) is 10.1 Å². The third-order valence-corrected chi connectivity index (χ3v) is 3.31. The van der Waals surface area contributed by atoms with Crippen LogP contribution in [-0.4, -0.2) is 20.7 Å². The smallest absolute Gasteiger partial charge is 0.251 e. The van der Waals surface area contributed by atoms with Crippen molar-refractivity contribution in [3.05, 3.63) is 65.6 Å². The number of aromatic nitrogens is 3. The standard InChI is InChI=1S/C16H9F2N5O/c17-11-1-2-14(18)13(4-11)15-9(5-19)3-12(7-21-15)23-8-10(6-22-23)16(20)24/h1-4,6-8H,(H2,20,24). The van der Waals surface area contributed by atoms with Gasteiger partial charge in [-0.2, -0.15) is 10.4 Å². The highest BCUT2D eigenvalue weighted by Gasteiger charge is 2.15. The zero-order chi connectivity index (χ0) is 17.3. The summed E-state index contributed by atoms with van der Waals surface area (Å²) in [5.74, 6) is -1.98. The Labute approximate surface area is 134 Å². The minimum Gasteiger partial charge on any atom is -0.366 e. The average Bonchev–Trinajstić information content (AvgIpc) is 3.07. The van der Waals surface area contributed by atoms with Gasteiger partial charge in [-0.05, 0) is 24.3 Å². The second-order valence-electron chi connectivity index (χ2n) is 4.86. The Morgan fingerprint density at radius 3 is 2.71 bits per heavy atom. The number of nitrogens with two attached hydrogens (primary N) is 1. The molecule has 1 aromatic carbocycles. The molecule has 118 valence electrons. The van der Waals surface area contributed by atoms with Crippen molar-refractivity contribution in [3.8, 4) is 23.0 Å². The van der Waals surface area contributed by atoms with Crippen LogP contribution in [0.3, 0.4) is 0 Å². The van der Waals surface area contributed by atoms with Gasteiger partial charge in [0.1, 0.15) is 17.7 Å². The molecule has 0 unspecified atom stereocenters. The van der Waals surface area contributed by atoms with E-state index < -0.39 is 17.5 Å². The lowest BCUT2D eigenvalue weighted by molar-refractivity contribution is 0.100. The van der Waals surface area contributed by atoms with Gasteiger partial charge in [-0.25, -0.2) is 13.5 Å². The lowest BCUT2D eigenvalue weighted by Crippen LogP contribution is -2.09. The van der Waals surface area contributed by atoms with Crippen molar-refractivity contribution >= 4 is 5.91 Å². The van der Waals surface area contributed by atoms with E-state index in [0.717, 1.165) is 18.2 Å². The first-order valence-electron chi connectivity index (χ1n) is 6.70. The highest BCUT2D eigenvalue weighted by Crippen LogP contribution is 2.26. The van der Waals surface area contributed by atoms with Gasteiger partial charge in [-0.15, -0.1) is 0 Å². The van der Waals surface area contributed by atoms with Crippen LogP contribution in [0.15, 0.2) is 42.9 Å². The Hall–Kier alpha value is -3.60. The maximum atomic E-state index is 13.9. The highest BCUT2D eigenvalue weighted by molar-refractivity contribution is 5.92. The molecule has 3 rings (SSSR count). The predicted molar refractivity (Wildman–Crippen MR) is 79.9 cm³/mol. The van der Waals surface area contributed by atoms with Gasteiger partial charge in [0.2, 0.25) is 0 Å². The number of hydrogen-bond acceptors (Lipinski definition) is 4. The normalized spacial score (nSPS) is 10.4. The third kappa shape index (κ3) is 2.70.